The van der Waals surface area contributed by atoms with Gasteiger partial charge in [0.25, 0.3) is 0 Å². The van der Waals surface area contributed by atoms with Gasteiger partial charge in [0.05, 0.1) is 26.3 Å². The van der Waals surface area contributed by atoms with Crippen molar-refractivity contribution in [2.24, 2.45) is 0 Å². The highest BCUT2D eigenvalue weighted by atomic mass is 32.1. The highest BCUT2D eigenvalue weighted by Crippen LogP contribution is 2.34. The minimum Gasteiger partial charge on any atom is -0.497 e. The summed E-state index contributed by atoms with van der Waals surface area (Å²) in [6, 6.07) is 9.78. The molecule has 0 saturated carbocycles. The van der Waals surface area contributed by atoms with Crippen molar-refractivity contribution in [2.45, 2.75) is 27.2 Å². The number of hydrogen-bond acceptors (Lipinski definition) is 5. The van der Waals surface area contributed by atoms with E-state index < -0.39 is 0 Å². The maximum Gasteiger partial charge on any atom is 0.230 e. The van der Waals surface area contributed by atoms with Gasteiger partial charge in [-0.25, -0.2) is 4.98 Å². The van der Waals surface area contributed by atoms with Gasteiger partial charge >= 0.3 is 0 Å². The van der Waals surface area contributed by atoms with Crippen molar-refractivity contribution >= 4 is 27.9 Å². The van der Waals surface area contributed by atoms with Crippen LogP contribution < -0.4 is 14.8 Å². The number of aryl methyl sites for hydroxylation is 3. The van der Waals surface area contributed by atoms with Crippen LogP contribution in [0.3, 0.4) is 0 Å². The minimum absolute atomic E-state index is 0.0519. The maximum atomic E-state index is 12.8. The molecule has 0 spiro atoms. The molecule has 1 N–H and O–H groups in total. The van der Waals surface area contributed by atoms with Crippen LogP contribution >= 0.6 is 11.3 Å². The Morgan fingerprint density at radius 3 is 2.52 bits per heavy atom. The number of nitrogens with zero attached hydrogens (tertiary/aromatic N) is 2. The van der Waals surface area contributed by atoms with Gasteiger partial charge in [-0.15, -0.1) is 11.3 Å². The van der Waals surface area contributed by atoms with Gasteiger partial charge in [0, 0.05) is 28.5 Å². The summed E-state index contributed by atoms with van der Waals surface area (Å²) in [5, 5.41) is 5.05. The van der Waals surface area contributed by atoms with Crippen molar-refractivity contribution < 1.29 is 14.3 Å². The van der Waals surface area contributed by atoms with Crippen molar-refractivity contribution in [3.05, 3.63) is 64.3 Å². The number of thiazole rings is 1. The zero-order valence-electron chi connectivity index (χ0n) is 18.3. The Kier molecular flexibility index (Phi) is 5.69. The highest BCUT2D eigenvalue weighted by molar-refractivity contribution is 7.15. The third-order valence-corrected chi connectivity index (χ3v) is 6.14. The van der Waals surface area contributed by atoms with Crippen LogP contribution in [0.4, 0.5) is 5.69 Å². The van der Waals surface area contributed by atoms with Gasteiger partial charge in [0.1, 0.15) is 11.5 Å². The lowest BCUT2D eigenvalue weighted by Crippen LogP contribution is -2.17. The molecule has 6 nitrogen and oxygen atoms in total. The summed E-state index contributed by atoms with van der Waals surface area (Å²) in [4.78, 5) is 18.4. The Morgan fingerprint density at radius 1 is 1.10 bits per heavy atom. The normalized spacial score (nSPS) is 11.0. The second kappa shape index (κ2) is 8.43. The van der Waals surface area contributed by atoms with E-state index in [1.165, 1.54) is 16.9 Å². The topological polar surface area (TPSA) is 64.9 Å². The number of aromatic nitrogens is 2. The first-order valence-corrected chi connectivity index (χ1v) is 10.8. The van der Waals surface area contributed by atoms with Gasteiger partial charge in [0.2, 0.25) is 5.91 Å². The summed E-state index contributed by atoms with van der Waals surface area (Å²) < 4.78 is 12.8. The van der Waals surface area contributed by atoms with Crippen molar-refractivity contribution in [3.8, 4) is 22.8 Å². The molecule has 31 heavy (non-hydrogen) atoms. The number of hydrogen-bond donors (Lipinski definition) is 1. The monoisotopic (exact) mass is 435 g/mol. The molecule has 1 amide bonds. The number of amides is 1. The number of rotatable bonds is 6. The molecule has 0 aliphatic rings. The zero-order valence-corrected chi connectivity index (χ0v) is 19.1. The van der Waals surface area contributed by atoms with Crippen LogP contribution in [0.2, 0.25) is 0 Å². The van der Waals surface area contributed by atoms with E-state index in [0.717, 1.165) is 50.2 Å². The molecule has 0 radical (unpaired) electrons. The molecule has 0 bridgehead atoms. The molecule has 0 unspecified atom stereocenters. The summed E-state index contributed by atoms with van der Waals surface area (Å²) >= 11 is 1.51. The number of carbonyl (C=O) groups is 1. The van der Waals surface area contributed by atoms with E-state index in [1.54, 1.807) is 14.2 Å². The Balaban J connectivity index is 1.61. The molecular weight excluding hydrogens is 410 g/mol. The fraction of sp³-hybridized carbons (Fsp3) is 0.250. The lowest BCUT2D eigenvalue weighted by atomic mass is 10.0. The number of imidazole rings is 1. The largest absolute Gasteiger partial charge is 0.497 e. The van der Waals surface area contributed by atoms with E-state index in [0.29, 0.717) is 0 Å². The second-order valence-corrected chi connectivity index (χ2v) is 8.41. The fourth-order valence-electron chi connectivity index (χ4n) is 3.83. The zero-order chi connectivity index (χ0) is 22.1. The summed E-state index contributed by atoms with van der Waals surface area (Å²) in [5.74, 6) is 1.40. The summed E-state index contributed by atoms with van der Waals surface area (Å²) in [5.41, 5.74) is 6.71. The molecule has 4 rings (SSSR count). The minimum atomic E-state index is -0.0519. The molecule has 160 valence electrons. The van der Waals surface area contributed by atoms with Crippen LogP contribution in [0, 0.1) is 20.8 Å². The van der Waals surface area contributed by atoms with Gasteiger partial charge in [-0.2, -0.15) is 0 Å². The van der Waals surface area contributed by atoms with Crippen LogP contribution in [0.5, 0.6) is 11.5 Å². The smallest absolute Gasteiger partial charge is 0.230 e. The van der Waals surface area contributed by atoms with E-state index in [-0.39, 0.29) is 12.3 Å². The second-order valence-electron chi connectivity index (χ2n) is 7.57. The standard InChI is InChI=1S/C24H25N3O3S/c1-14-8-15(2)23(16(3)9-14)26-22(28)10-17-13-31-24-25-20(12-27(17)24)19-11-18(29-4)6-7-21(19)30-5/h6-9,11-13H,10H2,1-5H3,(H,26,28). The van der Waals surface area contributed by atoms with E-state index in [9.17, 15) is 4.79 Å². The molecular formula is C24H25N3O3S. The lowest BCUT2D eigenvalue weighted by molar-refractivity contribution is -0.115. The number of nitrogens with one attached hydrogen (secondary N) is 1. The van der Waals surface area contributed by atoms with Gasteiger partial charge in [-0.1, -0.05) is 17.7 Å². The summed E-state index contributed by atoms with van der Waals surface area (Å²) in [6.07, 6.45) is 2.20. The predicted octanol–water partition coefficient (Wildman–Crippen LogP) is 5.19. The van der Waals surface area contributed by atoms with Crippen molar-refractivity contribution in [3.63, 3.8) is 0 Å². The predicted molar refractivity (Wildman–Crippen MR) is 125 cm³/mol. The quantitative estimate of drug-likeness (QED) is 0.453. The number of anilines is 1. The number of methoxy groups -OCH3 is 2. The Bertz CT molecular complexity index is 1250. The molecule has 2 aromatic heterocycles. The third kappa shape index (κ3) is 4.14. The highest BCUT2D eigenvalue weighted by Gasteiger charge is 2.16. The summed E-state index contributed by atoms with van der Waals surface area (Å²) in [6.45, 7) is 6.09. The van der Waals surface area contributed by atoms with Gasteiger partial charge in [-0.3, -0.25) is 9.20 Å². The van der Waals surface area contributed by atoms with Crippen LogP contribution in [0.1, 0.15) is 22.4 Å². The average molecular weight is 436 g/mol. The van der Waals surface area contributed by atoms with Crippen LogP contribution in [0.25, 0.3) is 16.2 Å². The lowest BCUT2D eigenvalue weighted by Gasteiger charge is -2.12. The Hall–Kier alpha value is -3.32. The van der Waals surface area contributed by atoms with Crippen LogP contribution in [0.15, 0.2) is 41.9 Å². The summed E-state index contributed by atoms with van der Waals surface area (Å²) in [7, 11) is 3.26. The number of fused-ring (bicyclic) bond motifs is 1. The molecule has 7 heteroatoms. The molecule has 0 aliphatic carbocycles. The molecule has 0 aliphatic heterocycles. The van der Waals surface area contributed by atoms with Gasteiger partial charge in [0.15, 0.2) is 4.96 Å². The Labute approximate surface area is 185 Å². The van der Waals surface area contributed by atoms with E-state index in [2.05, 4.69) is 24.4 Å². The first-order chi connectivity index (χ1) is 14.9. The van der Waals surface area contributed by atoms with E-state index >= 15 is 0 Å². The SMILES string of the molecule is COc1ccc(OC)c(-c2cn3c(CC(=O)Nc4c(C)cc(C)cc4C)csc3n2)c1. The van der Waals surface area contributed by atoms with Gasteiger partial charge < -0.3 is 14.8 Å². The maximum absolute atomic E-state index is 12.8. The molecule has 2 heterocycles. The fourth-order valence-corrected chi connectivity index (χ4v) is 4.70. The van der Waals surface area contributed by atoms with Crippen LogP contribution in [-0.4, -0.2) is 29.5 Å². The molecule has 0 atom stereocenters. The molecule has 2 aromatic carbocycles. The molecule has 0 fully saturated rings. The molecule has 0 saturated heterocycles. The number of benzene rings is 2. The van der Waals surface area contributed by atoms with Crippen LogP contribution in [-0.2, 0) is 11.2 Å². The van der Waals surface area contributed by atoms with Crippen molar-refractivity contribution in [2.75, 3.05) is 19.5 Å². The molecule has 4 aromatic rings. The number of carbonyl (C=O) groups excluding carboxylic acids is 1. The van der Waals surface area contributed by atoms with E-state index in [1.807, 2.05) is 48.0 Å². The van der Waals surface area contributed by atoms with Gasteiger partial charge in [-0.05, 0) is 50.1 Å². The Morgan fingerprint density at radius 2 is 1.84 bits per heavy atom. The average Bonchev–Trinajstić information content (AvgIpc) is 3.32. The first kappa shape index (κ1) is 20.9. The van der Waals surface area contributed by atoms with Crippen molar-refractivity contribution in [1.82, 2.24) is 9.38 Å². The number of ether oxygens (including phenoxy) is 2. The third-order valence-electron chi connectivity index (χ3n) is 5.25. The van der Waals surface area contributed by atoms with Crippen molar-refractivity contribution in [1.29, 1.82) is 0 Å². The van der Waals surface area contributed by atoms with E-state index in [4.69, 9.17) is 14.5 Å². The first-order valence-electron chi connectivity index (χ1n) is 9.95.